The van der Waals surface area contributed by atoms with E-state index in [0.29, 0.717) is 22.6 Å². The van der Waals surface area contributed by atoms with Gasteiger partial charge in [-0.25, -0.2) is 9.79 Å². The minimum absolute atomic E-state index is 0.139. The smallest absolute Gasteiger partial charge is 0.363 e. The summed E-state index contributed by atoms with van der Waals surface area (Å²) in [5, 5.41) is 0. The summed E-state index contributed by atoms with van der Waals surface area (Å²) in [6.45, 7) is 1.30. The van der Waals surface area contributed by atoms with Gasteiger partial charge in [0, 0.05) is 12.5 Å². The third-order valence-corrected chi connectivity index (χ3v) is 3.70. The Morgan fingerprint density at radius 1 is 1.04 bits per heavy atom. The Morgan fingerprint density at radius 3 is 2.41 bits per heavy atom. The van der Waals surface area contributed by atoms with Gasteiger partial charge in [-0.15, -0.1) is 0 Å². The van der Waals surface area contributed by atoms with Gasteiger partial charge >= 0.3 is 11.9 Å². The Morgan fingerprint density at radius 2 is 1.78 bits per heavy atom. The maximum atomic E-state index is 12.1. The van der Waals surface area contributed by atoms with Gasteiger partial charge in [0.1, 0.15) is 5.75 Å². The summed E-state index contributed by atoms with van der Waals surface area (Å²) in [6, 6.07) is 11.9. The van der Waals surface area contributed by atoms with Crippen LogP contribution in [0, 0.1) is 0 Å². The van der Waals surface area contributed by atoms with Crippen LogP contribution in [0.5, 0.6) is 17.2 Å². The third-order valence-electron chi connectivity index (χ3n) is 3.70. The highest BCUT2D eigenvalue weighted by Crippen LogP contribution is 2.30. The molecular weight excluding hydrogens is 350 g/mol. The van der Waals surface area contributed by atoms with E-state index in [1.165, 1.54) is 14.0 Å². The molecular formula is C20H17NO6. The number of hydrogen-bond acceptors (Lipinski definition) is 7. The van der Waals surface area contributed by atoms with Crippen LogP contribution in [0.25, 0.3) is 6.08 Å². The molecule has 0 aliphatic carbocycles. The van der Waals surface area contributed by atoms with Gasteiger partial charge in [-0.3, -0.25) is 4.79 Å². The molecule has 1 aliphatic heterocycles. The van der Waals surface area contributed by atoms with Crippen molar-refractivity contribution in [2.45, 2.75) is 6.92 Å². The molecule has 0 N–H and O–H groups in total. The third kappa shape index (κ3) is 4.14. The van der Waals surface area contributed by atoms with E-state index in [1.54, 1.807) is 55.7 Å². The first-order valence-electron chi connectivity index (χ1n) is 8.03. The second-order valence-electron chi connectivity index (χ2n) is 5.57. The van der Waals surface area contributed by atoms with Gasteiger partial charge in [0.25, 0.3) is 0 Å². The highest BCUT2D eigenvalue weighted by Gasteiger charge is 2.24. The standard InChI is InChI=1S/C20H17NO6/c1-12(22)26-18-11-13(4-9-17(18)25-3)10-16-20(23)27-19(21-16)14-5-7-15(24-2)8-6-14/h4-11H,1-3H3. The van der Waals surface area contributed by atoms with Crippen molar-refractivity contribution in [3.63, 3.8) is 0 Å². The van der Waals surface area contributed by atoms with Crippen molar-refractivity contribution in [3.05, 3.63) is 59.3 Å². The number of carbonyl (C=O) groups excluding carboxylic acids is 2. The maximum Gasteiger partial charge on any atom is 0.363 e. The van der Waals surface area contributed by atoms with Gasteiger partial charge in [-0.1, -0.05) is 6.07 Å². The van der Waals surface area contributed by atoms with Crippen LogP contribution >= 0.6 is 0 Å². The summed E-state index contributed by atoms with van der Waals surface area (Å²) < 4.78 is 20.6. The zero-order valence-corrected chi connectivity index (χ0v) is 15.0. The van der Waals surface area contributed by atoms with E-state index in [2.05, 4.69) is 4.99 Å². The van der Waals surface area contributed by atoms with Gasteiger partial charge in [-0.05, 0) is 48.0 Å². The predicted molar refractivity (Wildman–Crippen MR) is 97.9 cm³/mol. The van der Waals surface area contributed by atoms with Gasteiger partial charge in [0.05, 0.1) is 14.2 Å². The molecule has 2 aromatic carbocycles. The average Bonchev–Trinajstić information content (AvgIpc) is 3.02. The van der Waals surface area contributed by atoms with Crippen molar-refractivity contribution in [3.8, 4) is 17.2 Å². The quantitative estimate of drug-likeness (QED) is 0.459. The molecule has 3 rings (SSSR count). The first-order valence-corrected chi connectivity index (χ1v) is 8.03. The number of hydrogen-bond donors (Lipinski definition) is 0. The van der Waals surface area contributed by atoms with E-state index in [1.807, 2.05) is 0 Å². The predicted octanol–water partition coefficient (Wildman–Crippen LogP) is 2.97. The van der Waals surface area contributed by atoms with Crippen molar-refractivity contribution in [1.82, 2.24) is 0 Å². The first kappa shape index (κ1) is 18.2. The highest BCUT2D eigenvalue weighted by atomic mass is 16.6. The van der Waals surface area contributed by atoms with E-state index in [-0.39, 0.29) is 17.3 Å². The molecule has 1 aliphatic rings. The van der Waals surface area contributed by atoms with Crippen LogP contribution in [0.2, 0.25) is 0 Å². The molecule has 0 bridgehead atoms. The number of cyclic esters (lactones) is 1. The zero-order chi connectivity index (χ0) is 19.4. The molecule has 0 saturated heterocycles. The molecule has 7 heteroatoms. The molecule has 0 saturated carbocycles. The van der Waals surface area contributed by atoms with Crippen LogP contribution < -0.4 is 14.2 Å². The number of rotatable bonds is 5. The summed E-state index contributed by atoms with van der Waals surface area (Å²) in [4.78, 5) is 27.6. The lowest BCUT2D eigenvalue weighted by atomic mass is 10.1. The highest BCUT2D eigenvalue weighted by molar-refractivity contribution is 6.12. The van der Waals surface area contributed by atoms with Gasteiger partial charge in [0.2, 0.25) is 5.90 Å². The maximum absolute atomic E-state index is 12.1. The Labute approximate surface area is 155 Å². The van der Waals surface area contributed by atoms with E-state index in [4.69, 9.17) is 18.9 Å². The second kappa shape index (κ2) is 7.74. The molecule has 0 aromatic heterocycles. The molecule has 138 valence electrons. The lowest BCUT2D eigenvalue weighted by Gasteiger charge is -2.08. The van der Waals surface area contributed by atoms with Crippen LogP contribution in [0.3, 0.4) is 0 Å². The number of carbonyl (C=O) groups is 2. The minimum atomic E-state index is -0.564. The van der Waals surface area contributed by atoms with Crippen molar-refractivity contribution in [2.24, 2.45) is 4.99 Å². The topological polar surface area (TPSA) is 83.4 Å². The number of esters is 2. The van der Waals surface area contributed by atoms with E-state index < -0.39 is 11.9 Å². The number of ether oxygens (including phenoxy) is 4. The Kier molecular flexibility index (Phi) is 5.21. The van der Waals surface area contributed by atoms with E-state index in [9.17, 15) is 9.59 Å². The van der Waals surface area contributed by atoms with Gasteiger partial charge in [-0.2, -0.15) is 0 Å². The number of benzene rings is 2. The lowest BCUT2D eigenvalue weighted by molar-refractivity contribution is -0.132. The summed E-state index contributed by atoms with van der Waals surface area (Å²) in [6.07, 6.45) is 1.55. The fourth-order valence-corrected chi connectivity index (χ4v) is 2.44. The van der Waals surface area contributed by atoms with Crippen LogP contribution in [-0.4, -0.2) is 32.1 Å². The van der Waals surface area contributed by atoms with Crippen LogP contribution in [0.1, 0.15) is 18.1 Å². The average molecular weight is 367 g/mol. The fourth-order valence-electron chi connectivity index (χ4n) is 2.44. The Balaban J connectivity index is 1.90. The van der Waals surface area contributed by atoms with Crippen molar-refractivity contribution in [1.29, 1.82) is 0 Å². The molecule has 0 amide bonds. The summed E-state index contributed by atoms with van der Waals surface area (Å²) in [7, 11) is 3.04. The van der Waals surface area contributed by atoms with Crippen molar-refractivity contribution >= 4 is 23.9 Å². The van der Waals surface area contributed by atoms with Crippen molar-refractivity contribution < 1.29 is 28.5 Å². The molecule has 0 radical (unpaired) electrons. The summed E-state index contributed by atoms with van der Waals surface area (Å²) in [5.74, 6) is 0.524. The van der Waals surface area contributed by atoms with E-state index >= 15 is 0 Å². The number of methoxy groups -OCH3 is 2. The zero-order valence-electron chi connectivity index (χ0n) is 15.0. The number of nitrogens with zero attached hydrogens (tertiary/aromatic N) is 1. The Hall–Kier alpha value is -3.61. The second-order valence-corrected chi connectivity index (χ2v) is 5.57. The normalized spacial score (nSPS) is 14.6. The molecule has 2 aromatic rings. The molecule has 0 unspecified atom stereocenters. The minimum Gasteiger partial charge on any atom is -0.497 e. The molecule has 0 fully saturated rings. The fraction of sp³-hybridized carbons (Fsp3) is 0.150. The van der Waals surface area contributed by atoms with Gasteiger partial charge in [0.15, 0.2) is 17.2 Å². The van der Waals surface area contributed by atoms with Crippen molar-refractivity contribution in [2.75, 3.05) is 14.2 Å². The SMILES string of the molecule is COc1ccc(C2=NC(=Cc3ccc(OC)c(OC(C)=O)c3)C(=O)O2)cc1. The molecule has 1 heterocycles. The summed E-state index contributed by atoms with van der Waals surface area (Å²) in [5.41, 5.74) is 1.40. The molecule has 7 nitrogen and oxygen atoms in total. The molecule has 0 spiro atoms. The Bertz CT molecular complexity index is 943. The molecule has 27 heavy (non-hydrogen) atoms. The first-order chi connectivity index (χ1) is 13.0. The van der Waals surface area contributed by atoms with E-state index in [0.717, 1.165) is 0 Å². The van der Waals surface area contributed by atoms with Crippen LogP contribution in [-0.2, 0) is 14.3 Å². The lowest BCUT2D eigenvalue weighted by Crippen LogP contribution is -2.05. The monoisotopic (exact) mass is 367 g/mol. The van der Waals surface area contributed by atoms with Crippen LogP contribution in [0.4, 0.5) is 0 Å². The molecule has 0 atom stereocenters. The van der Waals surface area contributed by atoms with Crippen LogP contribution in [0.15, 0.2) is 53.2 Å². The summed E-state index contributed by atoms with van der Waals surface area (Å²) >= 11 is 0. The number of aliphatic imine (C=N–C) groups is 1. The van der Waals surface area contributed by atoms with Gasteiger partial charge < -0.3 is 18.9 Å². The largest absolute Gasteiger partial charge is 0.497 e.